The topological polar surface area (TPSA) is 75.2 Å². The van der Waals surface area contributed by atoms with Crippen LogP contribution in [0.15, 0.2) is 59.5 Å². The van der Waals surface area contributed by atoms with Crippen LogP contribution < -0.4 is 5.43 Å². The van der Waals surface area contributed by atoms with Gasteiger partial charge in [0.15, 0.2) is 11.6 Å². The molecule has 0 atom stereocenters. The van der Waals surface area contributed by atoms with Gasteiger partial charge >= 0.3 is 0 Å². The van der Waals surface area contributed by atoms with Crippen LogP contribution in [-0.4, -0.2) is 26.8 Å². The van der Waals surface area contributed by atoms with Crippen LogP contribution in [0.2, 0.25) is 0 Å². The van der Waals surface area contributed by atoms with Gasteiger partial charge in [0.25, 0.3) is 11.8 Å². The normalized spacial score (nSPS) is 13.9. The van der Waals surface area contributed by atoms with Gasteiger partial charge in [-0.25, -0.2) is 14.4 Å². The molecule has 9 heteroatoms. The summed E-state index contributed by atoms with van der Waals surface area (Å²) in [5.74, 6) is -0.320. The molecule has 5 rings (SSSR count). The number of carbonyl (C=O) groups is 2. The van der Waals surface area contributed by atoms with Gasteiger partial charge in [0.1, 0.15) is 10.6 Å². The lowest BCUT2D eigenvalue weighted by molar-refractivity contribution is -0.135. The van der Waals surface area contributed by atoms with Gasteiger partial charge in [-0.3, -0.25) is 15.0 Å². The van der Waals surface area contributed by atoms with Crippen molar-refractivity contribution < 1.29 is 14.0 Å². The number of halogens is 1. The molecule has 30 heavy (non-hydrogen) atoms. The molecule has 0 radical (unpaired) electrons. The van der Waals surface area contributed by atoms with Crippen LogP contribution in [-0.2, 0) is 9.59 Å². The maximum Gasteiger partial charge on any atom is 0.275 e. The minimum absolute atomic E-state index is 0.309. The van der Waals surface area contributed by atoms with Crippen LogP contribution in [0, 0.1) is 5.82 Å². The zero-order valence-corrected chi connectivity index (χ0v) is 17.2. The molecule has 4 heterocycles. The number of benzene rings is 1. The van der Waals surface area contributed by atoms with E-state index in [4.69, 9.17) is 0 Å². The molecule has 0 fully saturated rings. The highest BCUT2D eigenvalue weighted by Crippen LogP contribution is 2.37. The molecule has 6 nitrogen and oxygen atoms in total. The quantitative estimate of drug-likeness (QED) is 0.462. The summed E-state index contributed by atoms with van der Waals surface area (Å²) >= 11 is 2.93. The Kier molecular flexibility index (Phi) is 4.41. The molecular formula is C21H13FN4O2S2. The van der Waals surface area contributed by atoms with Crippen LogP contribution in [0.4, 0.5) is 10.2 Å². The summed E-state index contributed by atoms with van der Waals surface area (Å²) in [4.78, 5) is 36.2. The SMILES string of the molecule is CC1=CC(=O)N(Nc2nc(-c3cccs3)nc3sc(-c4ccc(F)cc4)cc23)C1=O. The number of imide groups is 1. The first kappa shape index (κ1) is 18.6. The molecule has 3 aromatic heterocycles. The van der Waals surface area contributed by atoms with Gasteiger partial charge in [-0.2, -0.15) is 5.01 Å². The molecule has 0 unspecified atom stereocenters. The van der Waals surface area contributed by atoms with Crippen molar-refractivity contribution in [3.05, 3.63) is 65.3 Å². The number of fused-ring (bicyclic) bond motifs is 1. The second-order valence-corrected chi connectivity index (χ2v) is 8.61. The van der Waals surface area contributed by atoms with E-state index < -0.39 is 11.8 Å². The predicted octanol–water partition coefficient (Wildman–Crippen LogP) is 4.87. The molecule has 4 aromatic rings. The summed E-state index contributed by atoms with van der Waals surface area (Å²) < 4.78 is 13.3. The third-order valence-corrected chi connectivity index (χ3v) is 6.53. The van der Waals surface area contributed by atoms with Crippen molar-refractivity contribution >= 4 is 50.5 Å². The Morgan fingerprint density at radius 1 is 1.07 bits per heavy atom. The highest BCUT2D eigenvalue weighted by atomic mass is 32.1. The van der Waals surface area contributed by atoms with E-state index in [9.17, 15) is 14.0 Å². The number of hydrogen-bond acceptors (Lipinski definition) is 7. The Morgan fingerprint density at radius 2 is 1.87 bits per heavy atom. The van der Waals surface area contributed by atoms with Crippen LogP contribution in [0.25, 0.3) is 31.4 Å². The second kappa shape index (κ2) is 7.12. The van der Waals surface area contributed by atoms with Crippen LogP contribution in [0.1, 0.15) is 6.92 Å². The van der Waals surface area contributed by atoms with Crippen LogP contribution in [0.5, 0.6) is 0 Å². The van der Waals surface area contributed by atoms with E-state index in [2.05, 4.69) is 15.4 Å². The first-order valence-electron chi connectivity index (χ1n) is 8.94. The zero-order chi connectivity index (χ0) is 20.8. The summed E-state index contributed by atoms with van der Waals surface area (Å²) in [5.41, 5.74) is 4.07. The molecule has 1 aliphatic rings. The lowest BCUT2D eigenvalue weighted by atomic mass is 10.2. The predicted molar refractivity (Wildman–Crippen MR) is 115 cm³/mol. The van der Waals surface area contributed by atoms with E-state index >= 15 is 0 Å². The van der Waals surface area contributed by atoms with Gasteiger partial charge in [0.2, 0.25) is 0 Å². The number of aromatic nitrogens is 2. The van der Waals surface area contributed by atoms with E-state index in [1.165, 1.54) is 40.9 Å². The third-order valence-electron chi connectivity index (χ3n) is 4.58. The smallest absolute Gasteiger partial charge is 0.271 e. The molecule has 2 amide bonds. The number of amides is 2. The summed E-state index contributed by atoms with van der Waals surface area (Å²) in [6.45, 7) is 1.59. The van der Waals surface area contributed by atoms with E-state index in [0.717, 1.165) is 20.3 Å². The van der Waals surface area contributed by atoms with Crippen molar-refractivity contribution in [3.63, 3.8) is 0 Å². The van der Waals surface area contributed by atoms with E-state index in [1.807, 2.05) is 23.6 Å². The first-order valence-corrected chi connectivity index (χ1v) is 10.6. The highest BCUT2D eigenvalue weighted by molar-refractivity contribution is 7.22. The van der Waals surface area contributed by atoms with Crippen molar-refractivity contribution in [1.29, 1.82) is 0 Å². The summed E-state index contributed by atoms with van der Waals surface area (Å²) in [6, 6.07) is 11.9. The fourth-order valence-corrected chi connectivity index (χ4v) is 4.77. The van der Waals surface area contributed by atoms with Crippen molar-refractivity contribution in [2.75, 3.05) is 5.43 Å². The number of nitrogens with one attached hydrogen (secondary N) is 1. The summed E-state index contributed by atoms with van der Waals surface area (Å²) in [5, 5.41) is 3.55. The Labute approximate surface area is 178 Å². The second-order valence-electron chi connectivity index (χ2n) is 6.63. The van der Waals surface area contributed by atoms with Gasteiger partial charge in [-0.05, 0) is 42.1 Å². The fraction of sp³-hybridized carbons (Fsp3) is 0.0476. The molecule has 1 aromatic carbocycles. The van der Waals surface area contributed by atoms with Gasteiger partial charge < -0.3 is 0 Å². The lowest BCUT2D eigenvalue weighted by Crippen LogP contribution is -2.36. The van der Waals surface area contributed by atoms with E-state index in [0.29, 0.717) is 27.4 Å². The summed E-state index contributed by atoms with van der Waals surface area (Å²) in [7, 11) is 0. The number of hydrazine groups is 1. The molecular weight excluding hydrogens is 423 g/mol. The third kappa shape index (κ3) is 3.17. The molecule has 1 aliphatic heterocycles. The van der Waals surface area contributed by atoms with Gasteiger partial charge in [-0.15, -0.1) is 22.7 Å². The number of nitrogens with zero attached hydrogens (tertiary/aromatic N) is 3. The van der Waals surface area contributed by atoms with Crippen LogP contribution >= 0.6 is 22.7 Å². The van der Waals surface area contributed by atoms with Crippen LogP contribution in [0.3, 0.4) is 0 Å². The molecule has 148 valence electrons. The average molecular weight is 436 g/mol. The Morgan fingerprint density at radius 3 is 2.53 bits per heavy atom. The standard InChI is InChI=1S/C21H13FN4O2S2/c1-11-9-17(27)26(21(11)28)25-18-14-10-16(12-4-6-13(22)7-5-12)30-20(14)24-19(23-18)15-3-2-8-29-15/h2-10H,1H3,(H,23,24,25). The maximum absolute atomic E-state index is 13.3. The van der Waals surface area contributed by atoms with Crippen molar-refractivity contribution in [3.8, 4) is 21.1 Å². The number of anilines is 1. The fourth-order valence-electron chi connectivity index (χ4n) is 3.08. The molecule has 0 aliphatic carbocycles. The first-order chi connectivity index (χ1) is 14.5. The minimum Gasteiger partial charge on any atom is -0.271 e. The number of rotatable bonds is 4. The van der Waals surface area contributed by atoms with Gasteiger partial charge in [0, 0.05) is 16.5 Å². The molecule has 0 saturated heterocycles. The van der Waals surface area contributed by atoms with Crippen molar-refractivity contribution in [2.45, 2.75) is 6.92 Å². The van der Waals surface area contributed by atoms with Gasteiger partial charge in [0.05, 0.1) is 10.3 Å². The molecule has 0 saturated carbocycles. The lowest BCUT2D eigenvalue weighted by Gasteiger charge is -2.17. The molecule has 1 N–H and O–H groups in total. The van der Waals surface area contributed by atoms with Crippen molar-refractivity contribution in [1.82, 2.24) is 15.0 Å². The monoisotopic (exact) mass is 436 g/mol. The van der Waals surface area contributed by atoms with E-state index in [-0.39, 0.29) is 5.82 Å². The Bertz CT molecular complexity index is 1330. The Balaban J connectivity index is 1.64. The highest BCUT2D eigenvalue weighted by Gasteiger charge is 2.30. The van der Waals surface area contributed by atoms with Gasteiger partial charge in [-0.1, -0.05) is 18.2 Å². The average Bonchev–Trinajstić information content (AvgIpc) is 3.45. The van der Waals surface area contributed by atoms with E-state index in [1.54, 1.807) is 19.1 Å². The molecule has 0 bridgehead atoms. The maximum atomic E-state index is 13.3. The summed E-state index contributed by atoms with van der Waals surface area (Å²) in [6.07, 6.45) is 1.28. The zero-order valence-electron chi connectivity index (χ0n) is 15.5. The Hall–Kier alpha value is -3.43. The number of hydrogen-bond donors (Lipinski definition) is 1. The van der Waals surface area contributed by atoms with Crippen molar-refractivity contribution in [2.24, 2.45) is 0 Å². The minimum atomic E-state index is -0.448. The number of carbonyl (C=O) groups excluding carboxylic acids is 2. The number of thiophene rings is 2. The molecule has 0 spiro atoms. The largest absolute Gasteiger partial charge is 0.275 e.